The molecule has 176 valence electrons. The Balaban J connectivity index is 1.49. The van der Waals surface area contributed by atoms with Crippen LogP contribution in [0.3, 0.4) is 0 Å². The van der Waals surface area contributed by atoms with Crippen LogP contribution in [-0.2, 0) is 24.3 Å². The van der Waals surface area contributed by atoms with Crippen molar-refractivity contribution in [1.29, 1.82) is 0 Å². The lowest BCUT2D eigenvalue weighted by molar-refractivity contribution is -0.125. The fraction of sp³-hybridized carbons (Fsp3) is 0.391. The van der Waals surface area contributed by atoms with Gasteiger partial charge in [-0.2, -0.15) is 4.31 Å². The summed E-state index contributed by atoms with van der Waals surface area (Å²) >= 11 is 0. The van der Waals surface area contributed by atoms with E-state index in [0.717, 1.165) is 5.56 Å². The Bertz CT molecular complexity index is 1120. The Morgan fingerprint density at radius 1 is 1.12 bits per heavy atom. The lowest BCUT2D eigenvalue weighted by atomic mass is 10.0. The van der Waals surface area contributed by atoms with E-state index in [1.807, 2.05) is 37.3 Å². The molecule has 2 aliphatic heterocycles. The van der Waals surface area contributed by atoms with E-state index in [0.29, 0.717) is 25.5 Å². The van der Waals surface area contributed by atoms with Gasteiger partial charge in [0.05, 0.1) is 23.8 Å². The first-order valence-corrected chi connectivity index (χ1v) is 12.3. The highest BCUT2D eigenvalue weighted by Gasteiger charge is 2.32. The number of benzene rings is 2. The second-order valence-electron chi connectivity index (χ2n) is 8.03. The molecule has 10 heteroatoms. The molecule has 2 aromatic rings. The van der Waals surface area contributed by atoms with Gasteiger partial charge in [-0.25, -0.2) is 8.42 Å². The number of amides is 2. The number of carbonyl (C=O) groups excluding carboxylic acids is 2. The highest BCUT2D eigenvalue weighted by molar-refractivity contribution is 7.89. The van der Waals surface area contributed by atoms with Gasteiger partial charge >= 0.3 is 0 Å². The molecule has 4 rings (SSSR count). The third-order valence-corrected chi connectivity index (χ3v) is 7.65. The SMILES string of the molecule is C[C@@H](CNC(=O)CN1C(=O)COc2ccc(S(=O)(=O)N3CCOCC3)cc21)c1ccccc1. The maximum absolute atomic E-state index is 13.0. The molecule has 0 spiro atoms. The van der Waals surface area contributed by atoms with E-state index < -0.39 is 15.9 Å². The predicted molar refractivity (Wildman–Crippen MR) is 122 cm³/mol. The molecule has 0 aliphatic carbocycles. The number of hydrogen-bond acceptors (Lipinski definition) is 6. The molecular weight excluding hydrogens is 446 g/mol. The number of ether oxygens (including phenoxy) is 2. The van der Waals surface area contributed by atoms with E-state index in [-0.39, 0.29) is 48.6 Å². The van der Waals surface area contributed by atoms with Crippen molar-refractivity contribution >= 4 is 27.5 Å². The summed E-state index contributed by atoms with van der Waals surface area (Å²) in [6.45, 7) is 3.18. The highest BCUT2D eigenvalue weighted by atomic mass is 32.2. The minimum Gasteiger partial charge on any atom is -0.482 e. The molecule has 2 heterocycles. The molecule has 0 unspecified atom stereocenters. The topological polar surface area (TPSA) is 105 Å². The average Bonchev–Trinajstić information content (AvgIpc) is 2.85. The van der Waals surface area contributed by atoms with E-state index >= 15 is 0 Å². The Morgan fingerprint density at radius 3 is 2.58 bits per heavy atom. The Kier molecular flexibility index (Phi) is 6.96. The normalized spacial score (nSPS) is 17.7. The summed E-state index contributed by atoms with van der Waals surface area (Å²) in [4.78, 5) is 26.5. The van der Waals surface area contributed by atoms with E-state index in [2.05, 4.69) is 5.32 Å². The monoisotopic (exact) mass is 473 g/mol. The van der Waals surface area contributed by atoms with Crippen LogP contribution in [0, 0.1) is 0 Å². The van der Waals surface area contributed by atoms with Crippen molar-refractivity contribution in [2.24, 2.45) is 0 Å². The summed E-state index contributed by atoms with van der Waals surface area (Å²) in [6, 6.07) is 14.2. The molecule has 33 heavy (non-hydrogen) atoms. The largest absolute Gasteiger partial charge is 0.482 e. The fourth-order valence-electron chi connectivity index (χ4n) is 3.82. The van der Waals surface area contributed by atoms with Crippen LogP contribution in [0.4, 0.5) is 5.69 Å². The van der Waals surface area contributed by atoms with Gasteiger partial charge in [0, 0.05) is 19.6 Å². The molecule has 2 aromatic carbocycles. The number of fused-ring (bicyclic) bond motifs is 1. The summed E-state index contributed by atoms with van der Waals surface area (Å²) in [5, 5.41) is 2.86. The summed E-state index contributed by atoms with van der Waals surface area (Å²) in [5.41, 5.74) is 1.37. The molecule has 1 N–H and O–H groups in total. The van der Waals surface area contributed by atoms with Gasteiger partial charge in [-0.3, -0.25) is 14.5 Å². The van der Waals surface area contributed by atoms with E-state index in [9.17, 15) is 18.0 Å². The van der Waals surface area contributed by atoms with Crippen molar-refractivity contribution in [2.45, 2.75) is 17.7 Å². The van der Waals surface area contributed by atoms with E-state index in [1.165, 1.54) is 27.4 Å². The lowest BCUT2D eigenvalue weighted by Gasteiger charge is -2.30. The molecule has 0 saturated carbocycles. The number of rotatable bonds is 7. The Labute approximate surface area is 193 Å². The zero-order chi connectivity index (χ0) is 23.4. The second kappa shape index (κ2) is 9.90. The van der Waals surface area contributed by atoms with Crippen LogP contribution in [0.5, 0.6) is 5.75 Å². The second-order valence-corrected chi connectivity index (χ2v) is 9.97. The smallest absolute Gasteiger partial charge is 0.265 e. The van der Waals surface area contributed by atoms with Crippen molar-refractivity contribution in [1.82, 2.24) is 9.62 Å². The summed E-state index contributed by atoms with van der Waals surface area (Å²) in [7, 11) is -3.76. The van der Waals surface area contributed by atoms with Gasteiger partial charge in [-0.1, -0.05) is 37.3 Å². The van der Waals surface area contributed by atoms with Crippen molar-refractivity contribution < 1.29 is 27.5 Å². The van der Waals surface area contributed by atoms with Crippen LogP contribution in [-0.4, -0.2) is 70.5 Å². The van der Waals surface area contributed by atoms with E-state index in [4.69, 9.17) is 9.47 Å². The molecule has 9 nitrogen and oxygen atoms in total. The standard InChI is InChI=1S/C23H27N3O6S/c1-17(18-5-3-2-4-6-18)14-24-22(27)15-26-20-13-19(7-8-21(20)32-16-23(26)28)33(29,30)25-9-11-31-12-10-25/h2-8,13,17H,9-12,14-16H2,1H3,(H,24,27)/t17-/m0/s1. The van der Waals surface area contributed by atoms with Gasteiger partial charge in [0.2, 0.25) is 15.9 Å². The van der Waals surface area contributed by atoms with Crippen LogP contribution in [0.15, 0.2) is 53.4 Å². The number of hydrogen-bond donors (Lipinski definition) is 1. The number of anilines is 1. The van der Waals surface area contributed by atoms with Gasteiger partial charge < -0.3 is 14.8 Å². The molecule has 2 aliphatic rings. The van der Waals surface area contributed by atoms with Crippen LogP contribution in [0.1, 0.15) is 18.4 Å². The first kappa shape index (κ1) is 23.2. The van der Waals surface area contributed by atoms with Gasteiger partial charge in [-0.05, 0) is 29.7 Å². The van der Waals surface area contributed by atoms with Crippen LogP contribution in [0.2, 0.25) is 0 Å². The number of nitrogens with zero attached hydrogens (tertiary/aromatic N) is 2. The van der Waals surface area contributed by atoms with Crippen molar-refractivity contribution in [3.63, 3.8) is 0 Å². The van der Waals surface area contributed by atoms with Crippen LogP contribution in [0.25, 0.3) is 0 Å². The third-order valence-electron chi connectivity index (χ3n) is 5.76. The number of sulfonamides is 1. The van der Waals surface area contributed by atoms with Crippen molar-refractivity contribution in [3.8, 4) is 5.75 Å². The number of carbonyl (C=O) groups is 2. The third kappa shape index (κ3) is 5.18. The fourth-order valence-corrected chi connectivity index (χ4v) is 5.25. The average molecular weight is 474 g/mol. The molecule has 0 radical (unpaired) electrons. The summed E-state index contributed by atoms with van der Waals surface area (Å²) in [5.74, 6) is -0.274. The van der Waals surface area contributed by atoms with Crippen LogP contribution >= 0.6 is 0 Å². The zero-order valence-electron chi connectivity index (χ0n) is 18.4. The summed E-state index contributed by atoms with van der Waals surface area (Å²) < 4.78 is 38.1. The summed E-state index contributed by atoms with van der Waals surface area (Å²) in [6.07, 6.45) is 0. The van der Waals surface area contributed by atoms with Crippen molar-refractivity contribution in [2.75, 3.05) is 50.9 Å². The van der Waals surface area contributed by atoms with E-state index in [1.54, 1.807) is 0 Å². The molecule has 0 aromatic heterocycles. The maximum atomic E-state index is 13.0. The highest BCUT2D eigenvalue weighted by Crippen LogP contribution is 2.35. The minimum atomic E-state index is -3.76. The molecule has 0 bridgehead atoms. The molecule has 1 saturated heterocycles. The number of morpholine rings is 1. The quantitative estimate of drug-likeness (QED) is 0.651. The molecular formula is C23H27N3O6S. The lowest BCUT2D eigenvalue weighted by Crippen LogP contribution is -2.46. The molecule has 1 fully saturated rings. The maximum Gasteiger partial charge on any atom is 0.265 e. The van der Waals surface area contributed by atoms with Crippen molar-refractivity contribution in [3.05, 3.63) is 54.1 Å². The van der Waals surface area contributed by atoms with Gasteiger partial charge in [0.15, 0.2) is 6.61 Å². The first-order chi connectivity index (χ1) is 15.9. The number of nitrogens with one attached hydrogen (secondary N) is 1. The van der Waals surface area contributed by atoms with Crippen LogP contribution < -0.4 is 15.0 Å². The Hall–Kier alpha value is -2.95. The minimum absolute atomic E-state index is 0.0459. The van der Waals surface area contributed by atoms with Gasteiger partial charge in [0.25, 0.3) is 5.91 Å². The molecule has 2 amide bonds. The predicted octanol–water partition coefficient (Wildman–Crippen LogP) is 1.35. The zero-order valence-corrected chi connectivity index (χ0v) is 19.2. The first-order valence-electron chi connectivity index (χ1n) is 10.8. The van der Waals surface area contributed by atoms with Gasteiger partial charge in [0.1, 0.15) is 12.3 Å². The molecule has 1 atom stereocenters. The Morgan fingerprint density at radius 2 is 1.85 bits per heavy atom. The van der Waals surface area contributed by atoms with Gasteiger partial charge in [-0.15, -0.1) is 0 Å².